The van der Waals surface area contributed by atoms with Gasteiger partial charge < -0.3 is 10.2 Å². The SMILES string of the molecule is O=C(CNCc1cccc(C(F)(F)F)c1)N1CCCC1. The van der Waals surface area contributed by atoms with Crippen LogP contribution in [-0.4, -0.2) is 30.4 Å². The Bertz CT molecular complexity index is 468. The summed E-state index contributed by atoms with van der Waals surface area (Å²) in [6.45, 7) is 1.98. The van der Waals surface area contributed by atoms with Crippen LogP contribution in [0.5, 0.6) is 0 Å². The highest BCUT2D eigenvalue weighted by atomic mass is 19.4. The summed E-state index contributed by atoms with van der Waals surface area (Å²) in [7, 11) is 0. The number of carbonyl (C=O) groups excluding carboxylic acids is 1. The van der Waals surface area contributed by atoms with E-state index < -0.39 is 11.7 Å². The Hall–Kier alpha value is -1.56. The standard InChI is InChI=1S/C14H17F3N2O/c15-14(16,17)12-5-3-4-11(8-12)9-18-10-13(20)19-6-1-2-7-19/h3-5,8,18H,1-2,6-7,9-10H2. The van der Waals surface area contributed by atoms with E-state index in [9.17, 15) is 18.0 Å². The van der Waals surface area contributed by atoms with Crippen LogP contribution in [0.15, 0.2) is 24.3 Å². The summed E-state index contributed by atoms with van der Waals surface area (Å²) in [6, 6.07) is 5.14. The molecule has 3 nitrogen and oxygen atoms in total. The number of benzene rings is 1. The summed E-state index contributed by atoms with van der Waals surface area (Å²) in [4.78, 5) is 13.5. The summed E-state index contributed by atoms with van der Waals surface area (Å²) in [6.07, 6.45) is -2.28. The predicted octanol–water partition coefficient (Wildman–Crippen LogP) is 2.42. The molecule has 0 saturated carbocycles. The second kappa shape index (κ2) is 6.26. The molecule has 1 amide bonds. The van der Waals surface area contributed by atoms with Gasteiger partial charge in [0.05, 0.1) is 12.1 Å². The van der Waals surface area contributed by atoms with E-state index >= 15 is 0 Å². The molecule has 0 atom stereocenters. The molecule has 1 aliphatic rings. The molecule has 6 heteroatoms. The maximum absolute atomic E-state index is 12.5. The third-order valence-corrected chi connectivity index (χ3v) is 3.32. The van der Waals surface area contributed by atoms with Gasteiger partial charge in [0.25, 0.3) is 0 Å². The zero-order valence-corrected chi connectivity index (χ0v) is 11.0. The number of halogens is 3. The molecule has 0 bridgehead atoms. The van der Waals surface area contributed by atoms with Gasteiger partial charge in [-0.2, -0.15) is 13.2 Å². The van der Waals surface area contributed by atoms with Crippen LogP contribution < -0.4 is 5.32 Å². The summed E-state index contributed by atoms with van der Waals surface area (Å²) in [5.41, 5.74) is -0.142. The first-order valence-corrected chi connectivity index (χ1v) is 6.61. The molecule has 0 spiro atoms. The lowest BCUT2D eigenvalue weighted by molar-refractivity contribution is -0.137. The van der Waals surface area contributed by atoms with E-state index in [0.29, 0.717) is 5.56 Å². The second-order valence-electron chi connectivity index (χ2n) is 4.89. The van der Waals surface area contributed by atoms with Crippen LogP contribution in [0.2, 0.25) is 0 Å². The van der Waals surface area contributed by atoms with Crippen LogP contribution in [0, 0.1) is 0 Å². The van der Waals surface area contributed by atoms with E-state index in [1.807, 2.05) is 0 Å². The van der Waals surface area contributed by atoms with Crippen LogP contribution in [0.3, 0.4) is 0 Å². The van der Waals surface area contributed by atoms with Gasteiger partial charge >= 0.3 is 6.18 Å². The number of nitrogens with one attached hydrogen (secondary N) is 1. The van der Waals surface area contributed by atoms with E-state index in [-0.39, 0.29) is 19.0 Å². The van der Waals surface area contributed by atoms with Gasteiger partial charge in [-0.1, -0.05) is 18.2 Å². The lowest BCUT2D eigenvalue weighted by Crippen LogP contribution is -2.36. The number of hydrogen-bond donors (Lipinski definition) is 1. The first-order valence-electron chi connectivity index (χ1n) is 6.61. The van der Waals surface area contributed by atoms with E-state index in [0.717, 1.165) is 38.1 Å². The molecule has 1 fully saturated rings. The van der Waals surface area contributed by atoms with E-state index in [1.165, 1.54) is 6.07 Å². The number of nitrogens with zero attached hydrogens (tertiary/aromatic N) is 1. The molecule has 110 valence electrons. The fraction of sp³-hybridized carbons (Fsp3) is 0.500. The maximum Gasteiger partial charge on any atom is 0.416 e. The number of rotatable bonds is 4. The van der Waals surface area contributed by atoms with Crippen molar-refractivity contribution in [1.29, 1.82) is 0 Å². The Morgan fingerprint density at radius 3 is 2.60 bits per heavy atom. The van der Waals surface area contributed by atoms with Gasteiger partial charge in [0, 0.05) is 19.6 Å². The summed E-state index contributed by atoms with van der Waals surface area (Å²) < 4.78 is 37.6. The van der Waals surface area contributed by atoms with Crippen molar-refractivity contribution >= 4 is 5.91 Å². The molecule has 1 aliphatic heterocycles. The minimum atomic E-state index is -4.33. The Morgan fingerprint density at radius 2 is 1.95 bits per heavy atom. The van der Waals surface area contributed by atoms with Crippen LogP contribution in [0.4, 0.5) is 13.2 Å². The van der Waals surface area contributed by atoms with Crippen LogP contribution in [0.25, 0.3) is 0 Å². The molecule has 20 heavy (non-hydrogen) atoms. The third kappa shape index (κ3) is 3.96. The van der Waals surface area contributed by atoms with Gasteiger partial charge in [0.1, 0.15) is 0 Å². The highest BCUT2D eigenvalue weighted by Crippen LogP contribution is 2.29. The van der Waals surface area contributed by atoms with Gasteiger partial charge in [-0.25, -0.2) is 0 Å². The lowest BCUT2D eigenvalue weighted by Gasteiger charge is -2.15. The van der Waals surface area contributed by atoms with Crippen molar-refractivity contribution in [3.63, 3.8) is 0 Å². The summed E-state index contributed by atoms with van der Waals surface area (Å²) in [5, 5.41) is 2.90. The van der Waals surface area contributed by atoms with Crippen molar-refractivity contribution in [2.75, 3.05) is 19.6 Å². The first-order chi connectivity index (χ1) is 9.47. The molecule has 0 aromatic heterocycles. The minimum absolute atomic E-state index is 0.00877. The Balaban J connectivity index is 1.83. The van der Waals surface area contributed by atoms with E-state index in [1.54, 1.807) is 11.0 Å². The smallest absolute Gasteiger partial charge is 0.342 e. The van der Waals surface area contributed by atoms with E-state index in [2.05, 4.69) is 5.32 Å². The summed E-state index contributed by atoms with van der Waals surface area (Å²) in [5.74, 6) is 0.00877. The van der Waals surface area contributed by atoms with Crippen LogP contribution in [0.1, 0.15) is 24.0 Å². The Morgan fingerprint density at radius 1 is 1.25 bits per heavy atom. The Kier molecular flexibility index (Phi) is 4.65. The maximum atomic E-state index is 12.5. The number of likely N-dealkylation sites (tertiary alicyclic amines) is 1. The van der Waals surface area contributed by atoms with Gasteiger partial charge in [0.15, 0.2) is 0 Å². The molecule has 1 aromatic carbocycles. The largest absolute Gasteiger partial charge is 0.416 e. The topological polar surface area (TPSA) is 32.3 Å². The molecule has 0 radical (unpaired) electrons. The highest BCUT2D eigenvalue weighted by Gasteiger charge is 2.30. The lowest BCUT2D eigenvalue weighted by atomic mass is 10.1. The average molecular weight is 286 g/mol. The van der Waals surface area contributed by atoms with Crippen molar-refractivity contribution in [3.8, 4) is 0 Å². The number of amides is 1. The van der Waals surface area contributed by atoms with Crippen molar-refractivity contribution in [3.05, 3.63) is 35.4 Å². The van der Waals surface area contributed by atoms with Gasteiger partial charge in [0.2, 0.25) is 5.91 Å². The number of hydrogen-bond acceptors (Lipinski definition) is 2. The van der Waals surface area contributed by atoms with Crippen molar-refractivity contribution in [1.82, 2.24) is 10.2 Å². The molecule has 1 N–H and O–H groups in total. The fourth-order valence-electron chi connectivity index (χ4n) is 2.25. The van der Waals surface area contributed by atoms with E-state index in [4.69, 9.17) is 0 Å². The molecular weight excluding hydrogens is 269 g/mol. The molecule has 1 saturated heterocycles. The van der Waals surface area contributed by atoms with Gasteiger partial charge in [-0.15, -0.1) is 0 Å². The molecule has 0 aliphatic carbocycles. The summed E-state index contributed by atoms with van der Waals surface area (Å²) >= 11 is 0. The molecule has 1 aromatic rings. The minimum Gasteiger partial charge on any atom is -0.342 e. The number of carbonyl (C=O) groups is 1. The van der Waals surface area contributed by atoms with Gasteiger partial charge in [-0.05, 0) is 24.5 Å². The molecule has 0 unspecified atom stereocenters. The Labute approximate surface area is 115 Å². The molecule has 2 rings (SSSR count). The quantitative estimate of drug-likeness (QED) is 0.922. The molecule has 1 heterocycles. The first kappa shape index (κ1) is 14.8. The zero-order valence-electron chi connectivity index (χ0n) is 11.0. The monoisotopic (exact) mass is 286 g/mol. The van der Waals surface area contributed by atoms with Crippen molar-refractivity contribution in [2.45, 2.75) is 25.6 Å². The average Bonchev–Trinajstić information content (AvgIpc) is 2.92. The van der Waals surface area contributed by atoms with Crippen LogP contribution >= 0.6 is 0 Å². The number of alkyl halides is 3. The van der Waals surface area contributed by atoms with Crippen LogP contribution in [-0.2, 0) is 17.5 Å². The zero-order chi connectivity index (χ0) is 14.6. The third-order valence-electron chi connectivity index (χ3n) is 3.32. The second-order valence-corrected chi connectivity index (χ2v) is 4.89. The normalized spacial score (nSPS) is 15.7. The predicted molar refractivity (Wildman–Crippen MR) is 69.0 cm³/mol. The van der Waals surface area contributed by atoms with Crippen molar-refractivity contribution < 1.29 is 18.0 Å². The fourth-order valence-corrected chi connectivity index (χ4v) is 2.25. The molecular formula is C14H17F3N2O. The van der Waals surface area contributed by atoms with Gasteiger partial charge in [-0.3, -0.25) is 4.79 Å². The highest BCUT2D eigenvalue weighted by molar-refractivity contribution is 5.78. The van der Waals surface area contributed by atoms with Crippen molar-refractivity contribution in [2.24, 2.45) is 0 Å².